The van der Waals surface area contributed by atoms with E-state index in [0.29, 0.717) is 0 Å². The van der Waals surface area contributed by atoms with Crippen LogP contribution in [-0.2, 0) is 9.53 Å². The predicted molar refractivity (Wildman–Crippen MR) is 21.0 cm³/mol. The van der Waals surface area contributed by atoms with Gasteiger partial charge in [0, 0.05) is 6.73 Å². The minimum atomic E-state index is 0.272. The molecule has 34 valence electrons. The van der Waals surface area contributed by atoms with E-state index in [2.05, 4.69) is 16.4 Å². The van der Waals surface area contributed by atoms with Gasteiger partial charge in [-0.2, -0.15) is 6.72 Å². The lowest BCUT2D eigenvalue weighted by Crippen LogP contribution is -1.75. The van der Waals surface area contributed by atoms with Crippen LogP contribution in [0.3, 0.4) is 0 Å². The third-order valence-electron chi connectivity index (χ3n) is 0.191. The van der Waals surface area contributed by atoms with Gasteiger partial charge >= 0.3 is 0 Å². The molecule has 0 unspecified atom stereocenters. The van der Waals surface area contributed by atoms with Crippen molar-refractivity contribution in [1.29, 1.82) is 0 Å². The molecule has 0 N–H and O–H groups in total. The predicted octanol–water partition coefficient (Wildman–Crippen LogP) is -0.0207. The molecule has 0 heterocycles. The molecule has 6 heavy (non-hydrogen) atoms. The smallest absolute Gasteiger partial charge is 0.281 e. The SMILES string of the molecule is C=N[CH-]OC=O. The summed E-state index contributed by atoms with van der Waals surface area (Å²) in [4.78, 5) is 12.3. The summed E-state index contributed by atoms with van der Waals surface area (Å²) >= 11 is 0. The lowest BCUT2D eigenvalue weighted by molar-refractivity contribution is -0.125. The zero-order chi connectivity index (χ0) is 4.83. The van der Waals surface area contributed by atoms with Crippen LogP contribution in [-0.4, -0.2) is 13.2 Å². The number of ether oxygens (including phenoxy) is 1. The van der Waals surface area contributed by atoms with E-state index in [9.17, 15) is 4.79 Å². The Hall–Kier alpha value is -0.990. The molecule has 0 radical (unpaired) electrons. The molecule has 0 fully saturated rings. The minimum absolute atomic E-state index is 0.272. The molecule has 0 aromatic heterocycles. The molecule has 0 bridgehead atoms. The van der Waals surface area contributed by atoms with Gasteiger partial charge in [-0.05, 0) is 0 Å². The number of carbonyl (C=O) groups is 1. The van der Waals surface area contributed by atoms with Crippen molar-refractivity contribution >= 4 is 13.2 Å². The van der Waals surface area contributed by atoms with E-state index in [0.717, 1.165) is 6.73 Å². The highest BCUT2D eigenvalue weighted by Gasteiger charge is 1.56. The van der Waals surface area contributed by atoms with Crippen LogP contribution in [0.5, 0.6) is 0 Å². The fourth-order valence-electron chi connectivity index (χ4n) is 0.0679. The summed E-state index contributed by atoms with van der Waals surface area (Å²) in [7, 11) is 0. The van der Waals surface area contributed by atoms with Gasteiger partial charge in [-0.1, -0.05) is 0 Å². The molecule has 0 aromatic rings. The Balaban J connectivity index is 2.66. The molecule has 3 nitrogen and oxygen atoms in total. The van der Waals surface area contributed by atoms with Gasteiger partial charge < -0.3 is 9.73 Å². The van der Waals surface area contributed by atoms with Gasteiger partial charge in [0.1, 0.15) is 0 Å². The number of carbonyl (C=O) groups excluding carboxylic acids is 1. The molecule has 0 saturated carbocycles. The van der Waals surface area contributed by atoms with E-state index in [4.69, 9.17) is 0 Å². The first-order chi connectivity index (χ1) is 2.91. The van der Waals surface area contributed by atoms with Crippen molar-refractivity contribution in [3.05, 3.63) is 6.73 Å². The van der Waals surface area contributed by atoms with Gasteiger partial charge in [0.15, 0.2) is 0 Å². The van der Waals surface area contributed by atoms with Crippen LogP contribution >= 0.6 is 0 Å². The number of hydrogen-bond donors (Lipinski definition) is 0. The topological polar surface area (TPSA) is 38.7 Å². The standard InChI is InChI=1S/C3H4NO2/c1-4-2-6-3-5/h2-3H,1H2/q-1. The molecule has 0 spiro atoms. The first kappa shape index (κ1) is 5.01. The van der Waals surface area contributed by atoms with E-state index in [1.165, 1.54) is 0 Å². The Kier molecular flexibility index (Phi) is 3.35. The van der Waals surface area contributed by atoms with E-state index in [1.54, 1.807) is 0 Å². The number of hydrogen-bond acceptors (Lipinski definition) is 3. The maximum Gasteiger partial charge on any atom is 0.281 e. The highest BCUT2D eigenvalue weighted by molar-refractivity contribution is 5.38. The molecular formula is C3H4NO2-. The van der Waals surface area contributed by atoms with Crippen LogP contribution in [0, 0.1) is 6.73 Å². The van der Waals surface area contributed by atoms with Gasteiger partial charge in [-0.3, -0.25) is 4.79 Å². The summed E-state index contributed by atoms with van der Waals surface area (Å²) in [5, 5.41) is 0. The molecule has 0 saturated heterocycles. The van der Waals surface area contributed by atoms with Crippen LogP contribution in [0.2, 0.25) is 0 Å². The summed E-state index contributed by atoms with van der Waals surface area (Å²) in [6, 6.07) is 0. The Morgan fingerprint density at radius 1 is 2.00 bits per heavy atom. The quantitative estimate of drug-likeness (QED) is 0.209. The lowest BCUT2D eigenvalue weighted by atomic mass is 11.2. The van der Waals surface area contributed by atoms with Crippen LogP contribution in [0.4, 0.5) is 0 Å². The number of nitrogens with zero attached hydrogens (tertiary/aromatic N) is 1. The molecule has 0 rings (SSSR count). The summed E-state index contributed by atoms with van der Waals surface area (Å²) in [6.45, 7) is 4.23. The maximum atomic E-state index is 9.22. The van der Waals surface area contributed by atoms with E-state index >= 15 is 0 Å². The second kappa shape index (κ2) is 4.01. The molecule has 3 heteroatoms. The van der Waals surface area contributed by atoms with Crippen LogP contribution in [0.15, 0.2) is 4.99 Å². The molecule has 0 aliphatic carbocycles. The Labute approximate surface area is 35.6 Å². The third-order valence-corrected chi connectivity index (χ3v) is 0.191. The van der Waals surface area contributed by atoms with Gasteiger partial charge in [-0.25, -0.2) is 0 Å². The number of rotatable bonds is 3. The van der Waals surface area contributed by atoms with Crippen molar-refractivity contribution in [2.24, 2.45) is 4.99 Å². The first-order valence-corrected chi connectivity index (χ1v) is 1.28. The average Bonchev–Trinajstić information content (AvgIpc) is 1.61. The van der Waals surface area contributed by atoms with E-state index in [1.807, 2.05) is 0 Å². The van der Waals surface area contributed by atoms with Crippen molar-refractivity contribution in [2.45, 2.75) is 0 Å². The monoisotopic (exact) mass is 86.0 g/mol. The van der Waals surface area contributed by atoms with Crippen molar-refractivity contribution in [3.8, 4) is 0 Å². The molecule has 0 aliphatic rings. The van der Waals surface area contributed by atoms with Crippen molar-refractivity contribution in [2.75, 3.05) is 0 Å². The fourth-order valence-corrected chi connectivity index (χ4v) is 0.0679. The normalized spacial score (nSPS) is 6.00. The van der Waals surface area contributed by atoms with Crippen LogP contribution in [0.1, 0.15) is 0 Å². The lowest BCUT2D eigenvalue weighted by Gasteiger charge is -1.92. The molecule has 0 aromatic carbocycles. The van der Waals surface area contributed by atoms with Crippen molar-refractivity contribution in [3.63, 3.8) is 0 Å². The summed E-state index contributed by atoms with van der Waals surface area (Å²) in [5.41, 5.74) is 0. The largest absolute Gasteiger partial charge is 0.511 e. The Morgan fingerprint density at radius 2 is 2.67 bits per heavy atom. The van der Waals surface area contributed by atoms with Gasteiger partial charge in [0.2, 0.25) is 0 Å². The van der Waals surface area contributed by atoms with Crippen LogP contribution < -0.4 is 0 Å². The Bertz CT molecular complexity index is 44.8. The average molecular weight is 86.1 g/mol. The van der Waals surface area contributed by atoms with Crippen molar-refractivity contribution < 1.29 is 9.53 Å². The summed E-state index contributed by atoms with van der Waals surface area (Å²) in [5.74, 6) is 0. The first-order valence-electron chi connectivity index (χ1n) is 1.28. The second-order valence-electron chi connectivity index (χ2n) is 0.520. The number of aliphatic imine (C=N–C) groups is 1. The van der Waals surface area contributed by atoms with E-state index in [-0.39, 0.29) is 6.47 Å². The minimum Gasteiger partial charge on any atom is -0.511 e. The summed E-state index contributed by atoms with van der Waals surface area (Å²) < 4.78 is 3.95. The highest BCUT2D eigenvalue weighted by Crippen LogP contribution is 1.71. The summed E-state index contributed by atoms with van der Waals surface area (Å²) in [6.07, 6.45) is 0. The molecular weight excluding hydrogens is 82.0 g/mol. The van der Waals surface area contributed by atoms with Crippen molar-refractivity contribution in [1.82, 2.24) is 0 Å². The van der Waals surface area contributed by atoms with Gasteiger partial charge in [-0.15, -0.1) is 0 Å². The molecule has 0 amide bonds. The van der Waals surface area contributed by atoms with E-state index < -0.39 is 0 Å². The Morgan fingerprint density at radius 3 is 2.83 bits per heavy atom. The fraction of sp³-hybridized carbons (Fsp3) is 0. The zero-order valence-electron chi connectivity index (χ0n) is 3.13. The van der Waals surface area contributed by atoms with Gasteiger partial charge in [0.05, 0.1) is 0 Å². The molecule has 0 aliphatic heterocycles. The third kappa shape index (κ3) is 3.01. The highest BCUT2D eigenvalue weighted by atomic mass is 16.5. The second-order valence-corrected chi connectivity index (χ2v) is 0.520. The van der Waals surface area contributed by atoms with Crippen LogP contribution in [0.25, 0.3) is 0 Å². The maximum absolute atomic E-state index is 9.22. The zero-order valence-corrected chi connectivity index (χ0v) is 3.13. The van der Waals surface area contributed by atoms with Gasteiger partial charge in [0.25, 0.3) is 6.47 Å². The molecule has 0 atom stereocenters.